The van der Waals surface area contributed by atoms with Gasteiger partial charge in [-0.25, -0.2) is 4.98 Å². The van der Waals surface area contributed by atoms with Crippen molar-refractivity contribution in [3.8, 4) is 0 Å². The molecule has 1 aliphatic carbocycles. The second-order valence-corrected chi connectivity index (χ2v) is 6.60. The van der Waals surface area contributed by atoms with E-state index in [1.807, 2.05) is 7.05 Å². The number of aromatic nitrogens is 2. The van der Waals surface area contributed by atoms with Crippen molar-refractivity contribution in [1.82, 2.24) is 14.7 Å². The van der Waals surface area contributed by atoms with Crippen LogP contribution in [0.15, 0.2) is 17.2 Å². The summed E-state index contributed by atoms with van der Waals surface area (Å²) in [6, 6.07) is 0. The maximum Gasteiger partial charge on any atom is 0.194 e. The van der Waals surface area contributed by atoms with Gasteiger partial charge < -0.3 is 5.32 Å². The summed E-state index contributed by atoms with van der Waals surface area (Å²) in [5.74, 6) is 0.750. The van der Waals surface area contributed by atoms with Gasteiger partial charge >= 0.3 is 0 Å². The van der Waals surface area contributed by atoms with Gasteiger partial charge in [-0.15, -0.1) is 11.3 Å². The van der Waals surface area contributed by atoms with E-state index in [0.29, 0.717) is 0 Å². The number of hydrogen-bond donors (Lipinski definition) is 1. The van der Waals surface area contributed by atoms with E-state index in [9.17, 15) is 0 Å². The molecule has 1 fully saturated rings. The van der Waals surface area contributed by atoms with Gasteiger partial charge in [0, 0.05) is 18.1 Å². The molecule has 0 spiro atoms. The van der Waals surface area contributed by atoms with Crippen molar-refractivity contribution >= 4 is 22.4 Å². The number of rotatable bonds is 4. The molecule has 3 rings (SSSR count). The molecule has 108 valence electrons. The summed E-state index contributed by atoms with van der Waals surface area (Å²) in [6.07, 6.45) is 11.4. The molecule has 20 heavy (non-hydrogen) atoms. The van der Waals surface area contributed by atoms with Crippen LogP contribution in [-0.2, 0) is 0 Å². The lowest BCUT2D eigenvalue weighted by molar-refractivity contribution is 0.398. The largest absolute Gasteiger partial charge is 0.316 e. The third-order valence-electron chi connectivity index (χ3n) is 4.32. The van der Waals surface area contributed by atoms with Crippen molar-refractivity contribution in [3.05, 3.63) is 28.5 Å². The molecule has 2 aromatic heterocycles. The summed E-state index contributed by atoms with van der Waals surface area (Å²) >= 11 is 1.71. The van der Waals surface area contributed by atoms with Crippen LogP contribution in [-0.4, -0.2) is 23.0 Å². The van der Waals surface area contributed by atoms with Gasteiger partial charge in [0.25, 0.3) is 0 Å². The highest BCUT2D eigenvalue weighted by atomic mass is 32.1. The van der Waals surface area contributed by atoms with Gasteiger partial charge in [0.2, 0.25) is 0 Å². The predicted molar refractivity (Wildman–Crippen MR) is 86.3 cm³/mol. The Bertz CT molecular complexity index is 602. The summed E-state index contributed by atoms with van der Waals surface area (Å²) in [5.41, 5.74) is 3.95. The third-order valence-corrected chi connectivity index (χ3v) is 5.07. The molecule has 1 N–H and O–H groups in total. The summed E-state index contributed by atoms with van der Waals surface area (Å²) in [4.78, 5) is 5.75. The average Bonchev–Trinajstić information content (AvgIpc) is 3.02. The van der Waals surface area contributed by atoms with E-state index in [1.54, 1.807) is 16.9 Å². The number of nitrogens with one attached hydrogen (secondary N) is 1. The zero-order valence-electron chi connectivity index (χ0n) is 12.4. The molecular formula is C16H23N3S. The number of aryl methyl sites for hydroxylation is 1. The van der Waals surface area contributed by atoms with Crippen LogP contribution in [0.2, 0.25) is 0 Å². The van der Waals surface area contributed by atoms with Crippen molar-refractivity contribution < 1.29 is 0 Å². The van der Waals surface area contributed by atoms with Crippen LogP contribution in [0.1, 0.15) is 43.5 Å². The van der Waals surface area contributed by atoms with E-state index in [4.69, 9.17) is 0 Å². The summed E-state index contributed by atoms with van der Waals surface area (Å²) < 4.78 is 2.22. The topological polar surface area (TPSA) is 29.3 Å². The molecule has 0 unspecified atom stereocenters. The van der Waals surface area contributed by atoms with Gasteiger partial charge in [0.15, 0.2) is 4.96 Å². The van der Waals surface area contributed by atoms with Gasteiger partial charge in [-0.1, -0.05) is 24.8 Å². The van der Waals surface area contributed by atoms with Crippen LogP contribution in [0.3, 0.4) is 0 Å². The number of imidazole rings is 1. The fraction of sp³-hybridized carbons (Fsp3) is 0.562. The zero-order valence-corrected chi connectivity index (χ0v) is 13.2. The fourth-order valence-corrected chi connectivity index (χ4v) is 4.02. The first-order valence-corrected chi connectivity index (χ1v) is 8.45. The lowest BCUT2D eigenvalue weighted by Crippen LogP contribution is -2.19. The van der Waals surface area contributed by atoms with Gasteiger partial charge in [-0.2, -0.15) is 0 Å². The first kappa shape index (κ1) is 13.8. The average molecular weight is 289 g/mol. The van der Waals surface area contributed by atoms with Crippen molar-refractivity contribution in [1.29, 1.82) is 0 Å². The van der Waals surface area contributed by atoms with Gasteiger partial charge in [0.1, 0.15) is 0 Å². The summed E-state index contributed by atoms with van der Waals surface area (Å²) in [6.45, 7) is 3.10. The maximum atomic E-state index is 4.65. The highest BCUT2D eigenvalue weighted by molar-refractivity contribution is 7.15. The zero-order chi connectivity index (χ0) is 13.9. The van der Waals surface area contributed by atoms with Crippen molar-refractivity contribution in [3.63, 3.8) is 0 Å². The van der Waals surface area contributed by atoms with E-state index in [0.717, 1.165) is 23.1 Å². The Hall–Kier alpha value is -1.13. The number of nitrogens with zero attached hydrogens (tertiary/aromatic N) is 2. The van der Waals surface area contributed by atoms with Crippen LogP contribution in [0, 0.1) is 12.8 Å². The molecule has 0 aromatic carbocycles. The Kier molecular flexibility index (Phi) is 4.22. The number of likely N-dealkylation sites (N-methyl/N-ethyl adjacent to an activating group) is 1. The molecule has 0 aliphatic heterocycles. The van der Waals surface area contributed by atoms with Crippen LogP contribution in [0.5, 0.6) is 0 Å². The second kappa shape index (κ2) is 6.10. The van der Waals surface area contributed by atoms with Crippen molar-refractivity contribution in [2.75, 3.05) is 13.6 Å². The van der Waals surface area contributed by atoms with Gasteiger partial charge in [-0.05, 0) is 38.8 Å². The van der Waals surface area contributed by atoms with Crippen molar-refractivity contribution in [2.45, 2.75) is 39.0 Å². The van der Waals surface area contributed by atoms with E-state index >= 15 is 0 Å². The molecule has 3 nitrogen and oxygen atoms in total. The molecule has 0 saturated heterocycles. The quantitative estimate of drug-likeness (QED) is 0.925. The molecular weight excluding hydrogens is 266 g/mol. The molecule has 4 heteroatoms. The van der Waals surface area contributed by atoms with E-state index in [2.05, 4.69) is 39.3 Å². The molecule has 0 radical (unpaired) electrons. The first-order chi connectivity index (χ1) is 9.79. The van der Waals surface area contributed by atoms with E-state index < -0.39 is 0 Å². The van der Waals surface area contributed by atoms with Gasteiger partial charge in [0.05, 0.1) is 11.4 Å². The molecule has 0 atom stereocenters. The Balaban J connectivity index is 1.96. The normalized spacial score (nSPS) is 18.0. The maximum absolute atomic E-state index is 4.65. The molecule has 0 bridgehead atoms. The first-order valence-electron chi connectivity index (χ1n) is 7.57. The molecule has 0 amide bonds. The van der Waals surface area contributed by atoms with E-state index in [-0.39, 0.29) is 0 Å². The lowest BCUT2D eigenvalue weighted by atomic mass is 9.83. The van der Waals surface area contributed by atoms with Crippen LogP contribution >= 0.6 is 11.3 Å². The third kappa shape index (κ3) is 2.67. The monoisotopic (exact) mass is 289 g/mol. The Morgan fingerprint density at radius 2 is 2.25 bits per heavy atom. The Morgan fingerprint density at radius 1 is 1.45 bits per heavy atom. The number of hydrogen-bond acceptors (Lipinski definition) is 3. The molecule has 1 saturated carbocycles. The molecule has 2 aromatic rings. The highest BCUT2D eigenvalue weighted by Crippen LogP contribution is 2.31. The molecule has 1 aliphatic rings. The standard InChI is InChI=1S/C16H23N3S/c1-12-15(19-8-9-20-16(19)18-12)10-14(11-17-2)13-6-4-3-5-7-13/h8-10,13,17H,3-7,11H2,1-2H3/b14-10-. The van der Waals surface area contributed by atoms with E-state index in [1.165, 1.54) is 37.8 Å². The Labute approximate surface area is 124 Å². The lowest BCUT2D eigenvalue weighted by Gasteiger charge is -2.24. The minimum absolute atomic E-state index is 0.750. The second-order valence-electron chi connectivity index (χ2n) is 5.72. The summed E-state index contributed by atoms with van der Waals surface area (Å²) in [5, 5.41) is 5.45. The Morgan fingerprint density at radius 3 is 3.00 bits per heavy atom. The smallest absolute Gasteiger partial charge is 0.194 e. The fourth-order valence-electron chi connectivity index (χ4n) is 3.25. The SMILES string of the molecule is CNC/C(=C/c1c(C)nc2sccn12)C1CCCCC1. The number of fused-ring (bicyclic) bond motifs is 1. The predicted octanol–water partition coefficient (Wildman–Crippen LogP) is 3.89. The van der Waals surface area contributed by atoms with Crippen LogP contribution in [0.4, 0.5) is 0 Å². The summed E-state index contributed by atoms with van der Waals surface area (Å²) in [7, 11) is 2.04. The van der Waals surface area contributed by atoms with Crippen molar-refractivity contribution in [2.24, 2.45) is 5.92 Å². The molecule has 2 heterocycles. The highest BCUT2D eigenvalue weighted by Gasteiger charge is 2.18. The minimum atomic E-state index is 0.750. The number of thiazole rings is 1. The van der Waals surface area contributed by atoms with Crippen LogP contribution < -0.4 is 5.32 Å². The minimum Gasteiger partial charge on any atom is -0.316 e. The van der Waals surface area contributed by atoms with Gasteiger partial charge in [-0.3, -0.25) is 4.40 Å². The van der Waals surface area contributed by atoms with Crippen LogP contribution in [0.25, 0.3) is 11.0 Å².